The molecule has 4 rings (SSSR count). The molecule has 0 N–H and O–H groups in total. The summed E-state index contributed by atoms with van der Waals surface area (Å²) in [4.78, 5) is 34.7. The lowest BCUT2D eigenvalue weighted by Gasteiger charge is -2.36. The van der Waals surface area contributed by atoms with Crippen LogP contribution in [0.5, 0.6) is 0 Å². The van der Waals surface area contributed by atoms with E-state index in [0.717, 1.165) is 57.0 Å². The Morgan fingerprint density at radius 2 is 1.71 bits per heavy atom. The maximum Gasteiger partial charge on any atom is 0.237 e. The molecule has 10 heteroatoms. The fourth-order valence-electron chi connectivity index (χ4n) is 4.66. The molecule has 8 nitrogen and oxygen atoms in total. The molecule has 0 spiro atoms. The van der Waals surface area contributed by atoms with Crippen LogP contribution in [-0.4, -0.2) is 110 Å². The second-order valence-electron chi connectivity index (χ2n) is 8.80. The molecule has 3 saturated heterocycles. The normalized spacial score (nSPS) is 24.5. The molecular weight excluding hydrogens is 436 g/mol. The van der Waals surface area contributed by atoms with E-state index in [9.17, 15) is 18.0 Å². The lowest BCUT2D eigenvalue weighted by atomic mass is 10.2. The van der Waals surface area contributed by atoms with E-state index >= 15 is 0 Å². The largest absolute Gasteiger partial charge is 0.342 e. The van der Waals surface area contributed by atoms with Crippen LogP contribution >= 0.6 is 11.3 Å². The lowest BCUT2D eigenvalue weighted by molar-refractivity contribution is -0.136. The molecule has 0 bridgehead atoms. The minimum absolute atomic E-state index is 0.00269. The van der Waals surface area contributed by atoms with Crippen molar-refractivity contribution in [1.29, 1.82) is 0 Å². The second-order valence-corrected chi connectivity index (χ2v) is 12.1. The number of sulfone groups is 1. The minimum Gasteiger partial charge on any atom is -0.342 e. The van der Waals surface area contributed by atoms with Gasteiger partial charge in [0, 0.05) is 50.2 Å². The Bertz CT molecular complexity index is 860. The van der Waals surface area contributed by atoms with Crippen LogP contribution in [0.25, 0.3) is 0 Å². The van der Waals surface area contributed by atoms with Gasteiger partial charge in [0.25, 0.3) is 0 Å². The summed E-state index contributed by atoms with van der Waals surface area (Å²) in [5, 5.41) is 1.98. The molecule has 31 heavy (non-hydrogen) atoms. The Hall–Kier alpha value is -1.49. The molecular formula is C21H32N4O4S2. The Labute approximate surface area is 188 Å². The first kappa shape index (κ1) is 22.7. The maximum atomic E-state index is 13.2. The number of hydrogen-bond donors (Lipinski definition) is 0. The maximum absolute atomic E-state index is 13.2. The number of hydrogen-bond acceptors (Lipinski definition) is 7. The Morgan fingerprint density at radius 1 is 1.03 bits per heavy atom. The zero-order chi connectivity index (χ0) is 21.8. The van der Waals surface area contributed by atoms with Crippen LogP contribution in [0, 0.1) is 0 Å². The standard InChI is InChI=1S/C21H32N4O4S2/c26-20(24-6-1-2-7-24)15-22-8-10-23(11-9-22)16-21(27)25(14-19-4-3-12-30-19)18-5-13-31(28,29)17-18/h3-4,12,18H,1-2,5-11,13-17H2/t18-/m1/s1. The van der Waals surface area contributed by atoms with Crippen LogP contribution in [-0.2, 0) is 26.0 Å². The molecule has 3 aliphatic rings. The number of carbonyl (C=O) groups is 2. The van der Waals surface area contributed by atoms with Gasteiger partial charge in [0.15, 0.2) is 9.84 Å². The van der Waals surface area contributed by atoms with Crippen LogP contribution in [0.1, 0.15) is 24.1 Å². The van der Waals surface area contributed by atoms with E-state index in [1.807, 2.05) is 22.4 Å². The molecule has 0 unspecified atom stereocenters. The van der Waals surface area contributed by atoms with Gasteiger partial charge in [-0.1, -0.05) is 6.07 Å². The zero-order valence-electron chi connectivity index (χ0n) is 17.9. The minimum atomic E-state index is -3.06. The van der Waals surface area contributed by atoms with Gasteiger partial charge in [-0.25, -0.2) is 8.42 Å². The number of nitrogens with zero attached hydrogens (tertiary/aromatic N) is 4. The molecule has 0 saturated carbocycles. The van der Waals surface area contributed by atoms with Crippen LogP contribution in [0.2, 0.25) is 0 Å². The van der Waals surface area contributed by atoms with E-state index in [1.165, 1.54) is 0 Å². The van der Waals surface area contributed by atoms with Crippen LogP contribution in [0.4, 0.5) is 0 Å². The van der Waals surface area contributed by atoms with Gasteiger partial charge in [-0.2, -0.15) is 0 Å². The molecule has 2 amide bonds. The predicted molar refractivity (Wildman–Crippen MR) is 121 cm³/mol. The van der Waals surface area contributed by atoms with Gasteiger partial charge < -0.3 is 9.80 Å². The summed E-state index contributed by atoms with van der Waals surface area (Å²) in [6, 6.07) is 3.71. The number of piperazine rings is 1. The van der Waals surface area contributed by atoms with E-state index in [4.69, 9.17) is 0 Å². The van der Waals surface area contributed by atoms with Crippen LogP contribution in [0.3, 0.4) is 0 Å². The summed E-state index contributed by atoms with van der Waals surface area (Å²) in [5.41, 5.74) is 0. The van der Waals surface area contributed by atoms with Gasteiger partial charge >= 0.3 is 0 Å². The first-order valence-electron chi connectivity index (χ1n) is 11.1. The first-order valence-corrected chi connectivity index (χ1v) is 13.8. The highest BCUT2D eigenvalue weighted by Crippen LogP contribution is 2.22. The third-order valence-electron chi connectivity index (χ3n) is 6.52. The van der Waals surface area contributed by atoms with Crippen molar-refractivity contribution in [2.45, 2.75) is 31.8 Å². The van der Waals surface area contributed by atoms with Crippen molar-refractivity contribution in [2.75, 3.05) is 63.9 Å². The SMILES string of the molecule is O=C(CN1CCN(CC(=O)N(Cc2cccs2)[C@@H]2CCS(=O)(=O)C2)CC1)N1CCCC1. The van der Waals surface area contributed by atoms with Crippen molar-refractivity contribution < 1.29 is 18.0 Å². The van der Waals surface area contributed by atoms with Gasteiger partial charge in [0.05, 0.1) is 31.1 Å². The molecule has 0 radical (unpaired) electrons. The summed E-state index contributed by atoms with van der Waals surface area (Å²) in [6.45, 7) is 6.03. The van der Waals surface area contributed by atoms with E-state index in [0.29, 0.717) is 26.1 Å². The average Bonchev–Trinajstić information content (AvgIpc) is 3.49. The highest BCUT2D eigenvalue weighted by molar-refractivity contribution is 7.91. The summed E-state index contributed by atoms with van der Waals surface area (Å²) >= 11 is 1.59. The predicted octanol–water partition coefficient (Wildman–Crippen LogP) is 0.504. The summed E-state index contributed by atoms with van der Waals surface area (Å²) in [7, 11) is -3.06. The van der Waals surface area contributed by atoms with Crippen molar-refractivity contribution in [3.63, 3.8) is 0 Å². The monoisotopic (exact) mass is 468 g/mol. The second kappa shape index (κ2) is 9.97. The number of carbonyl (C=O) groups excluding carboxylic acids is 2. The van der Waals surface area contributed by atoms with Crippen LogP contribution < -0.4 is 0 Å². The number of likely N-dealkylation sites (tertiary alicyclic amines) is 1. The number of rotatable bonds is 7. The van der Waals surface area contributed by atoms with Gasteiger partial charge in [-0.3, -0.25) is 19.4 Å². The van der Waals surface area contributed by atoms with Crippen molar-refractivity contribution in [2.24, 2.45) is 0 Å². The van der Waals surface area contributed by atoms with Gasteiger partial charge in [0.2, 0.25) is 11.8 Å². The van der Waals surface area contributed by atoms with E-state index in [1.54, 1.807) is 16.2 Å². The van der Waals surface area contributed by atoms with E-state index in [-0.39, 0.29) is 29.4 Å². The molecule has 1 aromatic rings. The molecule has 1 aromatic heterocycles. The molecule has 0 aromatic carbocycles. The van der Waals surface area contributed by atoms with Crippen molar-refractivity contribution in [1.82, 2.24) is 19.6 Å². The molecule has 3 aliphatic heterocycles. The van der Waals surface area contributed by atoms with Gasteiger partial charge in [-0.05, 0) is 30.7 Å². The van der Waals surface area contributed by atoms with E-state index in [2.05, 4.69) is 9.80 Å². The summed E-state index contributed by atoms with van der Waals surface area (Å²) in [5.74, 6) is 0.440. The van der Waals surface area contributed by atoms with Crippen molar-refractivity contribution in [3.8, 4) is 0 Å². The summed E-state index contributed by atoms with van der Waals surface area (Å²) in [6.07, 6.45) is 2.73. The van der Waals surface area contributed by atoms with Crippen molar-refractivity contribution in [3.05, 3.63) is 22.4 Å². The van der Waals surface area contributed by atoms with E-state index < -0.39 is 9.84 Å². The Morgan fingerprint density at radius 3 is 2.29 bits per heavy atom. The van der Waals surface area contributed by atoms with Crippen LogP contribution in [0.15, 0.2) is 17.5 Å². The third kappa shape index (κ3) is 6.06. The average molecular weight is 469 g/mol. The fraction of sp³-hybridized carbons (Fsp3) is 0.714. The quantitative estimate of drug-likeness (QED) is 0.580. The molecule has 4 heterocycles. The Balaban J connectivity index is 1.29. The highest BCUT2D eigenvalue weighted by Gasteiger charge is 2.35. The Kier molecular flexibility index (Phi) is 7.30. The topological polar surface area (TPSA) is 81.2 Å². The fourth-order valence-corrected chi connectivity index (χ4v) is 7.09. The smallest absolute Gasteiger partial charge is 0.237 e. The number of thiophene rings is 1. The molecule has 172 valence electrons. The first-order chi connectivity index (χ1) is 14.9. The molecule has 3 fully saturated rings. The van der Waals surface area contributed by atoms with Crippen molar-refractivity contribution >= 4 is 33.0 Å². The molecule has 0 aliphatic carbocycles. The highest BCUT2D eigenvalue weighted by atomic mass is 32.2. The summed E-state index contributed by atoms with van der Waals surface area (Å²) < 4.78 is 24.0. The van der Waals surface area contributed by atoms with Gasteiger partial charge in [0.1, 0.15) is 0 Å². The zero-order valence-corrected chi connectivity index (χ0v) is 19.6. The van der Waals surface area contributed by atoms with Gasteiger partial charge in [-0.15, -0.1) is 11.3 Å². The molecule has 1 atom stereocenters. The third-order valence-corrected chi connectivity index (χ3v) is 9.13. The number of amides is 2. The lowest BCUT2D eigenvalue weighted by Crippen LogP contribution is -2.53.